The van der Waals surface area contributed by atoms with E-state index in [0.29, 0.717) is 17.8 Å². The molecule has 0 spiro atoms. The minimum atomic E-state index is -0.208. The van der Waals surface area contributed by atoms with Crippen molar-refractivity contribution in [2.45, 2.75) is 65.1 Å². The zero-order valence-corrected chi connectivity index (χ0v) is 22.2. The summed E-state index contributed by atoms with van der Waals surface area (Å²) in [5.41, 5.74) is 1.24. The summed E-state index contributed by atoms with van der Waals surface area (Å²) in [6, 6.07) is 10.2. The van der Waals surface area contributed by atoms with Gasteiger partial charge in [-0.15, -0.1) is 0 Å². The molecule has 2 aliphatic rings. The molecule has 1 aromatic rings. The van der Waals surface area contributed by atoms with Gasteiger partial charge in [0.25, 0.3) is 0 Å². The van der Waals surface area contributed by atoms with Gasteiger partial charge in [0.05, 0.1) is 0 Å². The first-order chi connectivity index (χ1) is 12.5. The summed E-state index contributed by atoms with van der Waals surface area (Å²) in [5, 5.41) is 0. The molecule has 1 saturated carbocycles. The fourth-order valence-corrected chi connectivity index (χ4v) is 4.73. The van der Waals surface area contributed by atoms with Gasteiger partial charge in [-0.05, 0) is 62.0 Å². The van der Waals surface area contributed by atoms with Crippen LogP contribution in [0.25, 0.3) is 0 Å². The zero-order chi connectivity index (χ0) is 18.7. The van der Waals surface area contributed by atoms with Crippen LogP contribution >= 0.6 is 0 Å². The molecule has 2 fully saturated rings. The van der Waals surface area contributed by atoms with E-state index in [1.54, 1.807) is 0 Å². The standard InChI is InChI=1S/C23H34NO2.BrH.Zn/c1-16(2)20-11-10-17(3)14-21(20)26-23(25)22-18(4)12-13-24(22)15-19-8-6-5-7-9-19;;/h5-9,16-18,20-22H,4,10-15H2,1-3H3;1H;/p-1/t17?,18-,20?,21?,22+;;/m1../s1. The smallest absolute Gasteiger partial charge is 0.323 e. The number of ether oxygens (including phenoxy) is 1. The molecule has 28 heavy (non-hydrogen) atoms. The molecule has 1 radical (unpaired) electrons. The third kappa shape index (κ3) is 6.37. The maximum absolute atomic E-state index is 13.1. The van der Waals surface area contributed by atoms with Gasteiger partial charge in [0.1, 0.15) is 12.1 Å². The summed E-state index contributed by atoms with van der Waals surface area (Å²) < 4.78 is 6.14. The Balaban J connectivity index is 0.00000196. The van der Waals surface area contributed by atoms with Crippen LogP contribution in [0.4, 0.5) is 0 Å². The van der Waals surface area contributed by atoms with E-state index in [1.807, 2.05) is 6.07 Å². The van der Waals surface area contributed by atoms with Gasteiger partial charge in [-0.2, -0.15) is 0 Å². The second-order valence-electron chi connectivity index (χ2n) is 8.75. The minimum absolute atomic E-state index is 0. The molecule has 0 bridgehead atoms. The van der Waals surface area contributed by atoms with Gasteiger partial charge in [0.2, 0.25) is 0 Å². The summed E-state index contributed by atoms with van der Waals surface area (Å²) in [4.78, 5) is 15.4. The van der Waals surface area contributed by atoms with Crippen molar-refractivity contribution < 1.29 is 46.0 Å². The molecule has 5 atom stereocenters. The van der Waals surface area contributed by atoms with Crippen molar-refractivity contribution in [1.82, 2.24) is 4.90 Å². The Labute approximate surface area is 194 Å². The number of hydrogen-bond donors (Lipinski definition) is 0. The van der Waals surface area contributed by atoms with Crippen LogP contribution in [0.15, 0.2) is 30.3 Å². The summed E-state index contributed by atoms with van der Waals surface area (Å²) in [5.74, 6) is 1.75. The van der Waals surface area contributed by atoms with Crippen LogP contribution in [-0.2, 0) is 35.6 Å². The number of carbonyl (C=O) groups is 1. The van der Waals surface area contributed by atoms with Crippen molar-refractivity contribution in [1.29, 1.82) is 0 Å². The van der Waals surface area contributed by atoms with Crippen LogP contribution in [-0.4, -0.2) is 29.6 Å². The third-order valence-corrected chi connectivity index (χ3v) is 6.33. The van der Waals surface area contributed by atoms with Crippen LogP contribution in [0.3, 0.4) is 0 Å². The maximum atomic E-state index is 13.1. The number of nitrogens with zero attached hydrogens (tertiary/aromatic N) is 1. The van der Waals surface area contributed by atoms with E-state index in [1.165, 1.54) is 18.4 Å². The molecule has 1 saturated heterocycles. The van der Waals surface area contributed by atoms with Crippen LogP contribution in [0.1, 0.15) is 52.0 Å². The molecule has 3 nitrogen and oxygen atoms in total. The van der Waals surface area contributed by atoms with E-state index in [-0.39, 0.29) is 60.5 Å². The topological polar surface area (TPSA) is 29.5 Å². The van der Waals surface area contributed by atoms with Crippen molar-refractivity contribution in [2.75, 3.05) is 6.54 Å². The summed E-state index contributed by atoms with van der Waals surface area (Å²) in [6.45, 7) is 12.7. The molecule has 0 aromatic heterocycles. The fraction of sp³-hybridized carbons (Fsp3) is 0.652. The Morgan fingerprint density at radius 3 is 2.54 bits per heavy atom. The van der Waals surface area contributed by atoms with Crippen molar-refractivity contribution in [2.24, 2.45) is 23.7 Å². The molecule has 1 aliphatic carbocycles. The average Bonchev–Trinajstić information content (AvgIpc) is 2.96. The molecule has 0 amide bonds. The largest absolute Gasteiger partial charge is 1.00 e. The first kappa shape index (κ1) is 25.8. The molecule has 1 heterocycles. The monoisotopic (exact) mass is 499 g/mol. The Bertz CT molecular complexity index is 598. The molecule has 0 N–H and O–H groups in total. The van der Waals surface area contributed by atoms with Gasteiger partial charge in [-0.1, -0.05) is 57.5 Å². The second kappa shape index (κ2) is 11.8. The Morgan fingerprint density at radius 1 is 1.21 bits per heavy atom. The first-order valence-electron chi connectivity index (χ1n) is 10.3. The van der Waals surface area contributed by atoms with Crippen LogP contribution in [0, 0.1) is 30.6 Å². The van der Waals surface area contributed by atoms with Crippen molar-refractivity contribution in [3.63, 3.8) is 0 Å². The normalized spacial score (nSPS) is 30.4. The van der Waals surface area contributed by atoms with Gasteiger partial charge in [0, 0.05) is 26.0 Å². The third-order valence-electron chi connectivity index (χ3n) is 6.33. The van der Waals surface area contributed by atoms with Crippen LogP contribution < -0.4 is 17.0 Å². The van der Waals surface area contributed by atoms with E-state index in [2.05, 4.69) is 56.9 Å². The van der Waals surface area contributed by atoms with Gasteiger partial charge >= 0.3 is 5.97 Å². The van der Waals surface area contributed by atoms with E-state index in [9.17, 15) is 4.79 Å². The molecular formula is C23H34BrNO2Zn-. The number of esters is 1. The molecule has 3 unspecified atom stereocenters. The molecular weight excluding hydrogens is 468 g/mol. The predicted octanol–water partition coefficient (Wildman–Crippen LogP) is 1.72. The Hall–Kier alpha value is -0.247. The van der Waals surface area contributed by atoms with Crippen LogP contribution in [0.5, 0.6) is 0 Å². The van der Waals surface area contributed by atoms with Gasteiger partial charge in [-0.25, -0.2) is 0 Å². The molecule has 3 rings (SSSR count). The van der Waals surface area contributed by atoms with Crippen molar-refractivity contribution >= 4 is 5.97 Å². The van der Waals surface area contributed by atoms with E-state index in [4.69, 9.17) is 4.74 Å². The number of halogens is 1. The quantitative estimate of drug-likeness (QED) is 0.455. The van der Waals surface area contributed by atoms with E-state index in [0.717, 1.165) is 25.9 Å². The number of rotatable bonds is 5. The average molecular weight is 502 g/mol. The predicted molar refractivity (Wildman–Crippen MR) is 105 cm³/mol. The molecule has 1 aromatic carbocycles. The fourth-order valence-electron chi connectivity index (χ4n) is 4.73. The molecule has 153 valence electrons. The van der Waals surface area contributed by atoms with Crippen molar-refractivity contribution in [3.05, 3.63) is 42.8 Å². The van der Waals surface area contributed by atoms with E-state index >= 15 is 0 Å². The maximum Gasteiger partial charge on any atom is 0.323 e. The molecule has 1 aliphatic heterocycles. The summed E-state index contributed by atoms with van der Waals surface area (Å²) in [7, 11) is 0. The molecule has 5 heteroatoms. The number of carbonyl (C=O) groups excluding carboxylic acids is 1. The first-order valence-corrected chi connectivity index (χ1v) is 10.3. The minimum Gasteiger partial charge on any atom is -1.00 e. The number of likely N-dealkylation sites (tertiary alicyclic amines) is 1. The SMILES string of the molecule is [Br-].[CH2][C@@H]1CCN(Cc2ccccc2)[C@@H]1C(=O)OC1CC(C)CCC1C(C)C.[Zn]. The van der Waals surface area contributed by atoms with Gasteiger partial charge < -0.3 is 21.7 Å². The van der Waals surface area contributed by atoms with E-state index < -0.39 is 0 Å². The number of benzene rings is 1. The summed E-state index contributed by atoms with van der Waals surface area (Å²) in [6.07, 6.45) is 4.45. The number of hydrogen-bond acceptors (Lipinski definition) is 3. The van der Waals surface area contributed by atoms with Crippen LogP contribution in [0.2, 0.25) is 0 Å². The zero-order valence-electron chi connectivity index (χ0n) is 17.6. The van der Waals surface area contributed by atoms with Gasteiger partial charge in [0.15, 0.2) is 0 Å². The second-order valence-corrected chi connectivity index (χ2v) is 8.75. The van der Waals surface area contributed by atoms with Crippen molar-refractivity contribution in [3.8, 4) is 0 Å². The Morgan fingerprint density at radius 2 is 1.89 bits per heavy atom. The Kier molecular flexibility index (Phi) is 10.9. The summed E-state index contributed by atoms with van der Waals surface area (Å²) >= 11 is 0. The van der Waals surface area contributed by atoms with Gasteiger partial charge in [-0.3, -0.25) is 9.69 Å².